The van der Waals surface area contributed by atoms with Crippen LogP contribution < -0.4 is 0 Å². The molecule has 6 nitrogen and oxygen atoms in total. The van der Waals surface area contributed by atoms with Crippen LogP contribution in [0.15, 0.2) is 0 Å². The molecule has 0 radical (unpaired) electrons. The van der Waals surface area contributed by atoms with Gasteiger partial charge < -0.3 is 14.2 Å². The highest BCUT2D eigenvalue weighted by Crippen LogP contribution is 2.17. The summed E-state index contributed by atoms with van der Waals surface area (Å²) in [6.07, 6.45) is 46.6. The first-order valence-electron chi connectivity index (χ1n) is 25.4. The second-order valence-electron chi connectivity index (χ2n) is 17.9. The fraction of sp³-hybridized carbons (Fsp3) is 0.941. The Labute approximate surface area is 355 Å². The number of hydrogen-bond acceptors (Lipinski definition) is 6. The fourth-order valence-corrected chi connectivity index (χ4v) is 7.69. The van der Waals surface area contributed by atoms with Gasteiger partial charge in [0.15, 0.2) is 6.10 Å². The lowest BCUT2D eigenvalue weighted by molar-refractivity contribution is -0.167. The molecule has 0 N–H and O–H groups in total. The normalized spacial score (nSPS) is 11.9. The molecule has 0 rings (SSSR count). The van der Waals surface area contributed by atoms with Gasteiger partial charge in [0.2, 0.25) is 0 Å². The molecule has 0 aliphatic carbocycles. The van der Waals surface area contributed by atoms with Crippen LogP contribution >= 0.6 is 0 Å². The molecule has 0 amide bonds. The Morgan fingerprint density at radius 1 is 0.333 bits per heavy atom. The highest BCUT2D eigenvalue weighted by Gasteiger charge is 2.19. The van der Waals surface area contributed by atoms with E-state index < -0.39 is 6.10 Å². The van der Waals surface area contributed by atoms with Gasteiger partial charge >= 0.3 is 17.9 Å². The van der Waals surface area contributed by atoms with Crippen LogP contribution in [-0.4, -0.2) is 37.2 Å². The second kappa shape index (κ2) is 45.5. The zero-order valence-electron chi connectivity index (χ0n) is 38.8. The summed E-state index contributed by atoms with van der Waals surface area (Å²) in [5.74, 6) is -0.0505. The van der Waals surface area contributed by atoms with Gasteiger partial charge in [-0.05, 0) is 25.2 Å². The molecule has 57 heavy (non-hydrogen) atoms. The molecule has 0 aromatic rings. The third kappa shape index (κ3) is 45.3. The van der Waals surface area contributed by atoms with Gasteiger partial charge in [-0.25, -0.2) is 0 Å². The average Bonchev–Trinajstić information content (AvgIpc) is 3.19. The topological polar surface area (TPSA) is 78.9 Å². The van der Waals surface area contributed by atoms with E-state index in [4.69, 9.17) is 14.2 Å². The van der Waals surface area contributed by atoms with Crippen LogP contribution in [0.3, 0.4) is 0 Å². The third-order valence-corrected chi connectivity index (χ3v) is 11.5. The Balaban J connectivity index is 4.31. The molecule has 0 saturated heterocycles. The van der Waals surface area contributed by atoms with E-state index in [0.717, 1.165) is 63.7 Å². The van der Waals surface area contributed by atoms with Crippen molar-refractivity contribution in [1.82, 2.24) is 0 Å². The van der Waals surface area contributed by atoms with E-state index in [2.05, 4.69) is 27.7 Å². The minimum atomic E-state index is -0.760. The van der Waals surface area contributed by atoms with Crippen molar-refractivity contribution < 1.29 is 28.6 Å². The SMILES string of the molecule is CCCCCCCCCCCCCCCCC(=O)OC[C@@H](COC(=O)CCCCCCCCCCC(C)C)OC(=O)CCCCCCCCCCCCCCCC. The quantitative estimate of drug-likeness (QED) is 0.0346. The summed E-state index contributed by atoms with van der Waals surface area (Å²) >= 11 is 0. The number of esters is 3. The summed E-state index contributed by atoms with van der Waals surface area (Å²) in [6.45, 7) is 8.99. The van der Waals surface area contributed by atoms with Crippen molar-refractivity contribution in [1.29, 1.82) is 0 Å². The number of rotatable bonds is 46. The second-order valence-corrected chi connectivity index (χ2v) is 17.9. The molecule has 0 aliphatic heterocycles. The first-order valence-corrected chi connectivity index (χ1v) is 25.4. The van der Waals surface area contributed by atoms with Gasteiger partial charge in [0, 0.05) is 19.3 Å². The van der Waals surface area contributed by atoms with Crippen molar-refractivity contribution in [2.24, 2.45) is 5.92 Å². The van der Waals surface area contributed by atoms with Crippen molar-refractivity contribution in [3.63, 3.8) is 0 Å². The number of ether oxygens (including phenoxy) is 3. The van der Waals surface area contributed by atoms with Gasteiger partial charge in [0.1, 0.15) is 13.2 Å². The van der Waals surface area contributed by atoms with E-state index >= 15 is 0 Å². The van der Waals surface area contributed by atoms with Gasteiger partial charge in [-0.2, -0.15) is 0 Å². The Kier molecular flexibility index (Phi) is 44.2. The molecular weight excluding hydrogens is 709 g/mol. The molecule has 0 heterocycles. The van der Waals surface area contributed by atoms with Crippen molar-refractivity contribution in [3.8, 4) is 0 Å². The van der Waals surface area contributed by atoms with Gasteiger partial charge in [-0.1, -0.05) is 246 Å². The van der Waals surface area contributed by atoms with Gasteiger partial charge in [0.05, 0.1) is 0 Å². The van der Waals surface area contributed by atoms with E-state index in [1.54, 1.807) is 0 Å². The predicted octanol–water partition coefficient (Wildman–Crippen LogP) is 16.3. The third-order valence-electron chi connectivity index (χ3n) is 11.5. The monoisotopic (exact) mass is 807 g/mol. The molecule has 0 saturated carbocycles. The van der Waals surface area contributed by atoms with Crippen LogP contribution in [0.4, 0.5) is 0 Å². The molecule has 338 valence electrons. The summed E-state index contributed by atoms with van der Waals surface area (Å²) in [5.41, 5.74) is 0. The summed E-state index contributed by atoms with van der Waals surface area (Å²) in [6, 6.07) is 0. The zero-order chi connectivity index (χ0) is 41.7. The number of unbranched alkanes of at least 4 members (excludes halogenated alkanes) is 33. The van der Waals surface area contributed by atoms with Crippen LogP contribution in [-0.2, 0) is 28.6 Å². The lowest BCUT2D eigenvalue weighted by Gasteiger charge is -2.18. The zero-order valence-corrected chi connectivity index (χ0v) is 38.8. The molecule has 0 bridgehead atoms. The minimum Gasteiger partial charge on any atom is -0.462 e. The lowest BCUT2D eigenvalue weighted by atomic mass is 10.0. The van der Waals surface area contributed by atoms with Crippen LogP contribution in [0.25, 0.3) is 0 Å². The summed E-state index contributed by atoms with van der Waals surface area (Å²) in [7, 11) is 0. The van der Waals surface area contributed by atoms with Crippen LogP contribution in [0.1, 0.15) is 285 Å². The molecule has 0 fully saturated rings. The summed E-state index contributed by atoms with van der Waals surface area (Å²) in [4.78, 5) is 37.9. The maximum atomic E-state index is 12.8. The first-order chi connectivity index (χ1) is 27.9. The smallest absolute Gasteiger partial charge is 0.306 e. The van der Waals surface area contributed by atoms with Gasteiger partial charge in [0.25, 0.3) is 0 Å². The average molecular weight is 807 g/mol. The van der Waals surface area contributed by atoms with Gasteiger partial charge in [-0.15, -0.1) is 0 Å². The Morgan fingerprint density at radius 3 is 0.860 bits per heavy atom. The highest BCUT2D eigenvalue weighted by atomic mass is 16.6. The molecule has 6 heteroatoms. The number of hydrogen-bond donors (Lipinski definition) is 0. The highest BCUT2D eigenvalue weighted by molar-refractivity contribution is 5.71. The molecular formula is C51H98O6. The molecule has 0 aromatic heterocycles. The molecule has 0 spiro atoms. The van der Waals surface area contributed by atoms with E-state index in [1.165, 1.54) is 180 Å². The molecule has 0 aromatic carbocycles. The maximum Gasteiger partial charge on any atom is 0.306 e. The Bertz CT molecular complexity index is 857. The predicted molar refractivity (Wildman–Crippen MR) is 243 cm³/mol. The molecule has 0 unspecified atom stereocenters. The molecule has 1 atom stereocenters. The Hall–Kier alpha value is -1.59. The van der Waals surface area contributed by atoms with Crippen molar-refractivity contribution in [3.05, 3.63) is 0 Å². The summed E-state index contributed by atoms with van der Waals surface area (Å²) in [5, 5.41) is 0. The van der Waals surface area contributed by atoms with Crippen LogP contribution in [0, 0.1) is 5.92 Å². The van der Waals surface area contributed by atoms with E-state index in [0.29, 0.717) is 19.3 Å². The van der Waals surface area contributed by atoms with Gasteiger partial charge in [-0.3, -0.25) is 14.4 Å². The lowest BCUT2D eigenvalue weighted by Crippen LogP contribution is -2.30. The van der Waals surface area contributed by atoms with Crippen molar-refractivity contribution in [2.75, 3.05) is 13.2 Å². The Morgan fingerprint density at radius 2 is 0.579 bits per heavy atom. The molecule has 0 aliphatic rings. The summed E-state index contributed by atoms with van der Waals surface area (Å²) < 4.78 is 16.8. The largest absolute Gasteiger partial charge is 0.462 e. The van der Waals surface area contributed by atoms with E-state index in [9.17, 15) is 14.4 Å². The van der Waals surface area contributed by atoms with E-state index in [-0.39, 0.29) is 31.1 Å². The van der Waals surface area contributed by atoms with Crippen molar-refractivity contribution in [2.45, 2.75) is 291 Å². The van der Waals surface area contributed by atoms with Crippen molar-refractivity contribution >= 4 is 17.9 Å². The minimum absolute atomic E-state index is 0.0631. The maximum absolute atomic E-state index is 12.8. The van der Waals surface area contributed by atoms with Crippen LogP contribution in [0.2, 0.25) is 0 Å². The van der Waals surface area contributed by atoms with E-state index in [1.807, 2.05) is 0 Å². The van der Waals surface area contributed by atoms with Crippen LogP contribution in [0.5, 0.6) is 0 Å². The number of carbonyl (C=O) groups excluding carboxylic acids is 3. The fourth-order valence-electron chi connectivity index (χ4n) is 7.69. The standard InChI is InChI=1S/C51H98O6/c1-5-7-9-11-13-15-17-19-21-23-25-30-34-38-42-49(52)55-45-48(46-56-50(53)43-39-35-31-28-27-29-33-37-41-47(3)4)57-51(54)44-40-36-32-26-24-22-20-18-16-14-12-10-8-6-2/h47-48H,5-46H2,1-4H3/t48-/m0/s1. The number of carbonyl (C=O) groups is 3. The first kappa shape index (κ1) is 55.4.